The number of aliphatic hydroxyl groups excluding tert-OH is 1. The lowest BCUT2D eigenvalue weighted by Gasteiger charge is -2.09. The third kappa shape index (κ3) is 3.12. The van der Waals surface area contributed by atoms with Crippen LogP contribution in [0.5, 0.6) is 0 Å². The first-order valence-corrected chi connectivity index (χ1v) is 8.47. The summed E-state index contributed by atoms with van der Waals surface area (Å²) in [6.07, 6.45) is -0.739. The first-order chi connectivity index (χ1) is 9.31. The number of rotatable bonds is 4. The van der Waals surface area contributed by atoms with Crippen molar-refractivity contribution in [2.45, 2.75) is 24.8 Å². The van der Waals surface area contributed by atoms with Crippen molar-refractivity contribution in [2.75, 3.05) is 4.72 Å². The van der Waals surface area contributed by atoms with Crippen LogP contribution in [0.4, 0.5) is 5.13 Å². The van der Waals surface area contributed by atoms with Crippen molar-refractivity contribution < 1.29 is 13.5 Å². The Morgan fingerprint density at radius 1 is 1.45 bits per heavy atom. The van der Waals surface area contributed by atoms with Gasteiger partial charge in [0.15, 0.2) is 5.13 Å². The molecule has 2 aromatic rings. The van der Waals surface area contributed by atoms with E-state index in [-0.39, 0.29) is 10.0 Å². The van der Waals surface area contributed by atoms with Gasteiger partial charge in [-0.2, -0.15) is 0 Å². The highest BCUT2D eigenvalue weighted by Gasteiger charge is 2.20. The fourth-order valence-corrected chi connectivity index (χ4v) is 4.12. The summed E-state index contributed by atoms with van der Waals surface area (Å²) in [7, 11) is -3.75. The molecule has 20 heavy (non-hydrogen) atoms. The van der Waals surface area contributed by atoms with Crippen LogP contribution in [0.25, 0.3) is 0 Å². The second-order valence-corrected chi connectivity index (χ2v) is 7.14. The predicted molar refractivity (Wildman–Crippen MR) is 79.7 cm³/mol. The van der Waals surface area contributed by atoms with Gasteiger partial charge in [0.2, 0.25) is 0 Å². The summed E-state index contributed by atoms with van der Waals surface area (Å²) in [6, 6.07) is 4.69. The van der Waals surface area contributed by atoms with E-state index >= 15 is 0 Å². The van der Waals surface area contributed by atoms with Crippen LogP contribution in [0.3, 0.4) is 0 Å². The number of halogens is 1. The molecule has 0 radical (unpaired) electrons. The SMILES string of the molecule is Cc1c(Cl)cccc1S(=O)(=O)Nc1nc(C(C)O)cs1. The number of hydrogen-bond donors (Lipinski definition) is 2. The van der Waals surface area contributed by atoms with E-state index in [1.54, 1.807) is 31.4 Å². The average Bonchev–Trinajstić information content (AvgIpc) is 2.80. The van der Waals surface area contributed by atoms with E-state index in [2.05, 4.69) is 9.71 Å². The quantitative estimate of drug-likeness (QED) is 0.902. The van der Waals surface area contributed by atoms with Gasteiger partial charge in [0.1, 0.15) is 0 Å². The lowest BCUT2D eigenvalue weighted by atomic mass is 10.2. The molecule has 0 amide bonds. The molecular weight excluding hydrogens is 320 g/mol. The molecule has 108 valence electrons. The molecule has 0 aliphatic carbocycles. The van der Waals surface area contributed by atoms with Crippen molar-refractivity contribution in [1.29, 1.82) is 0 Å². The fourth-order valence-electron chi connectivity index (χ4n) is 1.57. The molecule has 0 fully saturated rings. The number of benzene rings is 1. The molecule has 1 unspecified atom stereocenters. The van der Waals surface area contributed by atoms with Gasteiger partial charge in [0.05, 0.1) is 16.7 Å². The second-order valence-electron chi connectivity index (χ2n) is 4.22. The van der Waals surface area contributed by atoms with Gasteiger partial charge in [0, 0.05) is 10.4 Å². The minimum atomic E-state index is -3.75. The molecule has 8 heteroatoms. The normalized spacial score (nSPS) is 13.2. The average molecular weight is 333 g/mol. The Kier molecular flexibility index (Phi) is 4.33. The van der Waals surface area contributed by atoms with Crippen LogP contribution >= 0.6 is 22.9 Å². The van der Waals surface area contributed by atoms with E-state index in [1.165, 1.54) is 6.07 Å². The maximum absolute atomic E-state index is 12.3. The second kappa shape index (κ2) is 5.69. The van der Waals surface area contributed by atoms with Gasteiger partial charge in [0.25, 0.3) is 10.0 Å². The van der Waals surface area contributed by atoms with Crippen LogP contribution < -0.4 is 4.72 Å². The van der Waals surface area contributed by atoms with Gasteiger partial charge in [-0.05, 0) is 31.5 Å². The third-order valence-electron chi connectivity index (χ3n) is 2.68. The lowest BCUT2D eigenvalue weighted by Crippen LogP contribution is -2.14. The molecule has 5 nitrogen and oxygen atoms in total. The predicted octanol–water partition coefficient (Wildman–Crippen LogP) is 2.96. The summed E-state index contributed by atoms with van der Waals surface area (Å²) in [6.45, 7) is 3.20. The maximum Gasteiger partial charge on any atom is 0.263 e. The maximum atomic E-state index is 12.3. The van der Waals surface area contributed by atoms with Crippen molar-refractivity contribution >= 4 is 38.1 Å². The molecule has 0 aliphatic heterocycles. The van der Waals surface area contributed by atoms with Crippen molar-refractivity contribution in [3.05, 3.63) is 39.9 Å². The summed E-state index contributed by atoms with van der Waals surface area (Å²) < 4.78 is 27.0. The molecule has 0 spiro atoms. The highest BCUT2D eigenvalue weighted by Crippen LogP contribution is 2.27. The zero-order valence-electron chi connectivity index (χ0n) is 10.8. The number of nitrogens with zero attached hydrogens (tertiary/aromatic N) is 1. The van der Waals surface area contributed by atoms with Gasteiger partial charge in [-0.3, -0.25) is 4.72 Å². The monoisotopic (exact) mass is 332 g/mol. The lowest BCUT2D eigenvalue weighted by molar-refractivity contribution is 0.195. The van der Waals surface area contributed by atoms with E-state index in [4.69, 9.17) is 11.6 Å². The van der Waals surface area contributed by atoms with Crippen molar-refractivity contribution in [3.8, 4) is 0 Å². The molecule has 1 aromatic heterocycles. The summed E-state index contributed by atoms with van der Waals surface area (Å²) in [5, 5.41) is 11.6. The minimum absolute atomic E-state index is 0.110. The number of hydrogen-bond acceptors (Lipinski definition) is 5. The third-order valence-corrected chi connectivity index (χ3v) is 5.48. The van der Waals surface area contributed by atoms with Crippen LogP contribution in [-0.4, -0.2) is 18.5 Å². The van der Waals surface area contributed by atoms with E-state index in [0.29, 0.717) is 16.3 Å². The van der Waals surface area contributed by atoms with E-state index in [1.807, 2.05) is 0 Å². The smallest absolute Gasteiger partial charge is 0.263 e. The van der Waals surface area contributed by atoms with Crippen molar-refractivity contribution in [2.24, 2.45) is 0 Å². The highest BCUT2D eigenvalue weighted by molar-refractivity contribution is 7.93. The molecule has 1 aromatic carbocycles. The molecule has 0 bridgehead atoms. The van der Waals surface area contributed by atoms with Gasteiger partial charge in [-0.25, -0.2) is 13.4 Å². The van der Waals surface area contributed by atoms with Crippen LogP contribution in [0.2, 0.25) is 5.02 Å². The zero-order valence-corrected chi connectivity index (χ0v) is 13.2. The molecule has 0 aliphatic rings. The Balaban J connectivity index is 2.33. The summed E-state index contributed by atoms with van der Waals surface area (Å²) in [4.78, 5) is 4.13. The first kappa shape index (κ1) is 15.2. The first-order valence-electron chi connectivity index (χ1n) is 5.72. The molecule has 1 atom stereocenters. The number of thiazole rings is 1. The van der Waals surface area contributed by atoms with Crippen LogP contribution in [0.1, 0.15) is 24.3 Å². The molecule has 2 rings (SSSR count). The van der Waals surface area contributed by atoms with Gasteiger partial charge >= 0.3 is 0 Å². The Morgan fingerprint density at radius 2 is 2.15 bits per heavy atom. The van der Waals surface area contributed by atoms with E-state index in [9.17, 15) is 13.5 Å². The Bertz CT molecular complexity index is 726. The Hall–Kier alpha value is -1.15. The minimum Gasteiger partial charge on any atom is -0.387 e. The number of aliphatic hydroxyl groups is 1. The van der Waals surface area contributed by atoms with Crippen LogP contribution in [0.15, 0.2) is 28.5 Å². The number of aromatic nitrogens is 1. The molecule has 1 heterocycles. The van der Waals surface area contributed by atoms with Crippen molar-refractivity contribution in [1.82, 2.24) is 4.98 Å². The topological polar surface area (TPSA) is 79.3 Å². The van der Waals surface area contributed by atoms with Crippen molar-refractivity contribution in [3.63, 3.8) is 0 Å². The molecule has 0 saturated carbocycles. The van der Waals surface area contributed by atoms with E-state index in [0.717, 1.165) is 11.3 Å². The van der Waals surface area contributed by atoms with Gasteiger partial charge < -0.3 is 5.11 Å². The number of nitrogens with one attached hydrogen (secondary N) is 1. The number of sulfonamides is 1. The molecular formula is C12H13ClN2O3S2. The summed E-state index contributed by atoms with van der Waals surface area (Å²) in [5.41, 5.74) is 0.907. The molecule has 2 N–H and O–H groups in total. The summed E-state index contributed by atoms with van der Waals surface area (Å²) in [5.74, 6) is 0. The summed E-state index contributed by atoms with van der Waals surface area (Å²) >= 11 is 7.05. The Morgan fingerprint density at radius 3 is 2.75 bits per heavy atom. The van der Waals surface area contributed by atoms with Crippen LogP contribution in [0, 0.1) is 6.92 Å². The molecule has 0 saturated heterocycles. The largest absolute Gasteiger partial charge is 0.387 e. The van der Waals surface area contributed by atoms with Gasteiger partial charge in [-0.1, -0.05) is 17.7 Å². The number of anilines is 1. The fraction of sp³-hybridized carbons (Fsp3) is 0.250. The van der Waals surface area contributed by atoms with Crippen LogP contribution in [-0.2, 0) is 10.0 Å². The highest BCUT2D eigenvalue weighted by atomic mass is 35.5. The Labute approximate surface area is 126 Å². The van der Waals surface area contributed by atoms with Gasteiger partial charge in [-0.15, -0.1) is 11.3 Å². The zero-order chi connectivity index (χ0) is 14.9. The standard InChI is InChI=1S/C12H13ClN2O3S2/c1-7-9(13)4-3-5-11(7)20(17,18)15-12-14-10(6-19-12)8(2)16/h3-6,8,16H,1-2H3,(H,14,15). The van der Waals surface area contributed by atoms with E-state index < -0.39 is 16.1 Å².